The zero-order valence-electron chi connectivity index (χ0n) is 19.7. The van der Waals surface area contributed by atoms with Gasteiger partial charge in [0, 0.05) is 25.6 Å². The summed E-state index contributed by atoms with van der Waals surface area (Å²) in [5.41, 5.74) is 16.0. The van der Waals surface area contributed by atoms with Gasteiger partial charge in [0.15, 0.2) is 5.96 Å². The third-order valence-electron chi connectivity index (χ3n) is 5.14. The molecule has 1 fully saturated rings. The molecule has 0 aromatic heterocycles. The molecule has 4 atom stereocenters. The third-order valence-corrected chi connectivity index (χ3v) is 5.14. The molecule has 14 nitrogen and oxygen atoms in total. The monoisotopic (exact) mass is 483 g/mol. The Labute approximate surface area is 198 Å². The summed E-state index contributed by atoms with van der Waals surface area (Å²) in [5, 5.41) is 13.2. The van der Waals surface area contributed by atoms with Crippen LogP contribution in [0.3, 0.4) is 0 Å². The predicted octanol–water partition coefficient (Wildman–Crippen LogP) is -3.86. The van der Waals surface area contributed by atoms with Gasteiger partial charge in [-0.15, -0.1) is 0 Å². The van der Waals surface area contributed by atoms with Crippen molar-refractivity contribution in [1.82, 2.24) is 26.6 Å². The molecular weight excluding hydrogens is 446 g/mol. The third kappa shape index (κ3) is 10.5. The average Bonchev–Trinajstić information content (AvgIpc) is 2.77. The first-order chi connectivity index (χ1) is 16.0. The average molecular weight is 484 g/mol. The molecule has 34 heavy (non-hydrogen) atoms. The van der Waals surface area contributed by atoms with Gasteiger partial charge in [0.25, 0.3) is 0 Å². The second-order valence-corrected chi connectivity index (χ2v) is 8.16. The van der Waals surface area contributed by atoms with Crippen molar-refractivity contribution in [3.05, 3.63) is 0 Å². The van der Waals surface area contributed by atoms with Gasteiger partial charge in [0.1, 0.15) is 18.1 Å². The Hall–Kier alpha value is -3.42. The van der Waals surface area contributed by atoms with Crippen LogP contribution in [0.2, 0.25) is 0 Å². The molecule has 0 bridgehead atoms. The van der Waals surface area contributed by atoms with Crippen LogP contribution in [0.1, 0.15) is 39.5 Å². The Morgan fingerprint density at radius 1 is 0.941 bits per heavy atom. The highest BCUT2D eigenvalue weighted by atomic mass is 16.2. The van der Waals surface area contributed by atoms with Crippen LogP contribution in [0.15, 0.2) is 4.99 Å². The number of carbonyl (C=O) groups excluding carboxylic acids is 5. The van der Waals surface area contributed by atoms with Crippen LogP contribution in [-0.2, 0) is 24.0 Å². The summed E-state index contributed by atoms with van der Waals surface area (Å²) in [6, 6.07) is -2.87. The number of nitrogens with one attached hydrogen (secondary N) is 5. The second-order valence-electron chi connectivity index (χ2n) is 8.16. The highest BCUT2D eigenvalue weighted by Gasteiger charge is 2.28. The normalized spacial score (nSPS) is 25.4. The smallest absolute Gasteiger partial charge is 0.243 e. The van der Waals surface area contributed by atoms with E-state index in [1.54, 1.807) is 6.92 Å². The van der Waals surface area contributed by atoms with E-state index in [0.717, 1.165) is 0 Å². The molecule has 0 saturated carbocycles. The molecule has 0 aromatic carbocycles. The Kier molecular flexibility index (Phi) is 12.3. The molecule has 0 spiro atoms. The lowest BCUT2D eigenvalue weighted by molar-refractivity contribution is -0.134. The van der Waals surface area contributed by atoms with Gasteiger partial charge < -0.3 is 43.8 Å². The summed E-state index contributed by atoms with van der Waals surface area (Å²) in [6.07, 6.45) is 1.55. The number of nitrogens with two attached hydrogens (primary N) is 3. The Bertz CT molecular complexity index is 770. The van der Waals surface area contributed by atoms with Crippen molar-refractivity contribution in [2.24, 2.45) is 28.1 Å². The van der Waals surface area contributed by atoms with E-state index < -0.39 is 60.1 Å². The van der Waals surface area contributed by atoms with Crippen LogP contribution in [0, 0.1) is 5.92 Å². The maximum Gasteiger partial charge on any atom is 0.243 e. The lowest BCUT2D eigenvalue weighted by Gasteiger charge is -2.25. The highest BCUT2D eigenvalue weighted by molar-refractivity contribution is 5.94. The molecule has 1 saturated heterocycles. The Morgan fingerprint density at radius 3 is 2.21 bits per heavy atom. The van der Waals surface area contributed by atoms with E-state index in [0.29, 0.717) is 19.3 Å². The molecule has 1 aliphatic heterocycles. The van der Waals surface area contributed by atoms with Crippen molar-refractivity contribution >= 4 is 35.5 Å². The number of guanidine groups is 1. The number of carbonyl (C=O) groups is 5. The fourth-order valence-electron chi connectivity index (χ4n) is 3.21. The van der Waals surface area contributed by atoms with Gasteiger partial charge in [-0.2, -0.15) is 0 Å². The van der Waals surface area contributed by atoms with Crippen LogP contribution >= 0.6 is 0 Å². The number of aliphatic imine (C=N–C) groups is 1. The quantitative estimate of drug-likeness (QED) is 0.101. The van der Waals surface area contributed by atoms with Crippen LogP contribution in [0.5, 0.6) is 0 Å². The molecule has 5 amide bonds. The van der Waals surface area contributed by atoms with Crippen molar-refractivity contribution in [1.29, 1.82) is 0 Å². The van der Waals surface area contributed by atoms with E-state index in [2.05, 4.69) is 31.6 Å². The number of hydrogen-bond donors (Lipinski definition) is 8. The number of primary amides is 1. The molecule has 0 aliphatic carbocycles. The van der Waals surface area contributed by atoms with E-state index in [9.17, 15) is 24.0 Å². The van der Waals surface area contributed by atoms with Crippen molar-refractivity contribution in [3.63, 3.8) is 0 Å². The number of rotatable bonds is 7. The van der Waals surface area contributed by atoms with Gasteiger partial charge in [-0.3, -0.25) is 29.0 Å². The fraction of sp³-hybridized carbons (Fsp3) is 0.700. The molecule has 11 N–H and O–H groups in total. The molecular formula is C20H37N9O5. The standard InChI is InChI=1S/C20H37N9O5/c1-3-5-12-18(33)26-10-15(30)27-14(16(21)31)9-24-8-11(2)17(32)28-13(19(34)29-12)6-4-7-25-20(22)23/h11-14,24H,3-10H2,1-2H3,(H2,21,31)(H,26,33)(H,27,30)(H,28,32)(H,29,34)(H4,22,23,25). The predicted molar refractivity (Wildman–Crippen MR) is 125 cm³/mol. The largest absolute Gasteiger partial charge is 0.370 e. The van der Waals surface area contributed by atoms with E-state index in [4.69, 9.17) is 17.2 Å². The number of nitrogens with zero attached hydrogens (tertiary/aromatic N) is 1. The van der Waals surface area contributed by atoms with Crippen molar-refractivity contribution in [3.8, 4) is 0 Å². The van der Waals surface area contributed by atoms with Crippen LogP contribution < -0.4 is 43.8 Å². The first-order valence-electron chi connectivity index (χ1n) is 11.3. The molecule has 14 heteroatoms. The maximum atomic E-state index is 13.0. The van der Waals surface area contributed by atoms with Gasteiger partial charge in [-0.1, -0.05) is 20.3 Å². The summed E-state index contributed by atoms with van der Waals surface area (Å²) in [4.78, 5) is 66.0. The zero-order chi connectivity index (χ0) is 25.7. The topological polar surface area (TPSA) is 236 Å². The number of amides is 5. The molecule has 1 rings (SSSR count). The zero-order valence-corrected chi connectivity index (χ0v) is 19.7. The molecule has 1 aliphatic rings. The summed E-state index contributed by atoms with van der Waals surface area (Å²) in [5.74, 6) is -3.53. The molecule has 4 unspecified atom stereocenters. The van der Waals surface area contributed by atoms with E-state index in [1.807, 2.05) is 6.92 Å². The van der Waals surface area contributed by atoms with Gasteiger partial charge in [0.05, 0.1) is 6.54 Å². The highest BCUT2D eigenvalue weighted by Crippen LogP contribution is 2.05. The Balaban J connectivity index is 3.08. The summed E-state index contributed by atoms with van der Waals surface area (Å²) >= 11 is 0. The van der Waals surface area contributed by atoms with Gasteiger partial charge >= 0.3 is 0 Å². The van der Waals surface area contributed by atoms with E-state index >= 15 is 0 Å². The second kappa shape index (κ2) is 14.7. The van der Waals surface area contributed by atoms with Crippen LogP contribution in [0.4, 0.5) is 0 Å². The minimum Gasteiger partial charge on any atom is -0.370 e. The maximum absolute atomic E-state index is 13.0. The first kappa shape index (κ1) is 28.6. The van der Waals surface area contributed by atoms with Crippen molar-refractivity contribution in [2.45, 2.75) is 57.7 Å². The minimum absolute atomic E-state index is 0.00642. The number of hydrogen-bond acceptors (Lipinski definition) is 7. The van der Waals surface area contributed by atoms with Gasteiger partial charge in [-0.25, -0.2) is 0 Å². The SMILES string of the molecule is CCCC1NC(=O)C(CCCN=C(N)N)NC(=O)C(C)CNCC(C(N)=O)NC(=O)CNC1=O. The lowest BCUT2D eigenvalue weighted by atomic mass is 10.1. The van der Waals surface area contributed by atoms with Crippen molar-refractivity contribution in [2.75, 3.05) is 26.2 Å². The molecule has 0 aromatic rings. The first-order valence-corrected chi connectivity index (χ1v) is 11.3. The summed E-state index contributed by atoms with van der Waals surface area (Å²) < 4.78 is 0. The van der Waals surface area contributed by atoms with Crippen LogP contribution in [-0.4, -0.2) is 79.8 Å². The summed E-state index contributed by atoms with van der Waals surface area (Å²) in [6.45, 7) is 3.52. The van der Waals surface area contributed by atoms with Crippen molar-refractivity contribution < 1.29 is 24.0 Å². The molecule has 0 radical (unpaired) electrons. The van der Waals surface area contributed by atoms with E-state index in [-0.39, 0.29) is 32.0 Å². The molecule has 192 valence electrons. The Morgan fingerprint density at radius 2 is 1.59 bits per heavy atom. The summed E-state index contributed by atoms with van der Waals surface area (Å²) in [7, 11) is 0. The lowest BCUT2D eigenvalue weighted by Crippen LogP contribution is -2.57. The van der Waals surface area contributed by atoms with Gasteiger partial charge in [0.2, 0.25) is 29.5 Å². The minimum atomic E-state index is -1.03. The van der Waals surface area contributed by atoms with E-state index in [1.165, 1.54) is 0 Å². The van der Waals surface area contributed by atoms with Gasteiger partial charge in [-0.05, 0) is 19.3 Å². The molecule has 1 heterocycles. The fourth-order valence-corrected chi connectivity index (χ4v) is 3.21. The van der Waals surface area contributed by atoms with Crippen LogP contribution in [0.25, 0.3) is 0 Å².